The predicted octanol–water partition coefficient (Wildman–Crippen LogP) is -0.738. The maximum atomic E-state index is 11.4. The number of carbonyl (C=O) groups excluding carboxylic acids is 1. The lowest BCUT2D eigenvalue weighted by molar-refractivity contribution is -0.128. The van der Waals surface area contributed by atoms with Gasteiger partial charge in [0, 0.05) is 26.0 Å². The fourth-order valence-corrected chi connectivity index (χ4v) is 1.67. The van der Waals surface area contributed by atoms with E-state index in [1.807, 2.05) is 0 Å². The van der Waals surface area contributed by atoms with Gasteiger partial charge < -0.3 is 10.0 Å². The van der Waals surface area contributed by atoms with Gasteiger partial charge in [0.1, 0.15) is 5.75 Å². The summed E-state index contributed by atoms with van der Waals surface area (Å²) < 4.78 is 21.7. The monoisotopic (exact) mass is 223 g/mol. The van der Waals surface area contributed by atoms with Gasteiger partial charge in [0.2, 0.25) is 5.91 Å². The molecule has 5 nitrogen and oxygen atoms in total. The van der Waals surface area contributed by atoms with Gasteiger partial charge in [0.25, 0.3) is 0 Å². The molecule has 0 unspecified atom stereocenters. The van der Waals surface area contributed by atoms with Gasteiger partial charge in [0.15, 0.2) is 9.84 Å². The molecule has 0 aliphatic heterocycles. The molecule has 1 N–H and O–H groups in total. The summed E-state index contributed by atoms with van der Waals surface area (Å²) in [6.45, 7) is 2.65. The number of aliphatic hydroxyl groups excluding tert-OH is 1. The number of carbonyl (C=O) groups is 1. The third-order valence-corrected chi connectivity index (χ3v) is 2.48. The quantitative estimate of drug-likeness (QED) is 0.643. The van der Waals surface area contributed by atoms with Crippen molar-refractivity contribution in [2.45, 2.75) is 13.3 Å². The first-order valence-corrected chi connectivity index (χ1v) is 6.53. The van der Waals surface area contributed by atoms with Gasteiger partial charge in [0.05, 0.1) is 0 Å². The molecule has 14 heavy (non-hydrogen) atoms. The van der Waals surface area contributed by atoms with Crippen molar-refractivity contribution in [1.29, 1.82) is 0 Å². The van der Waals surface area contributed by atoms with Crippen LogP contribution in [-0.2, 0) is 14.6 Å². The zero-order valence-corrected chi connectivity index (χ0v) is 9.38. The molecular formula is C8H17NO4S. The van der Waals surface area contributed by atoms with Crippen molar-refractivity contribution in [3.8, 4) is 0 Å². The summed E-state index contributed by atoms with van der Waals surface area (Å²) in [5.74, 6) is -0.852. The number of hydrogen-bond donors (Lipinski definition) is 1. The summed E-state index contributed by atoms with van der Waals surface area (Å²) in [5, 5.41) is 8.57. The van der Waals surface area contributed by atoms with Gasteiger partial charge in [-0.3, -0.25) is 4.79 Å². The Morgan fingerprint density at radius 1 is 1.43 bits per heavy atom. The minimum absolute atomic E-state index is 0.00263. The molecule has 0 radical (unpaired) electrons. The second-order valence-electron chi connectivity index (χ2n) is 3.12. The Kier molecular flexibility index (Phi) is 5.71. The number of amides is 1. The molecule has 0 bridgehead atoms. The van der Waals surface area contributed by atoms with Crippen LogP contribution in [0.5, 0.6) is 0 Å². The fourth-order valence-electron chi connectivity index (χ4n) is 1.04. The van der Waals surface area contributed by atoms with E-state index in [0.717, 1.165) is 6.26 Å². The van der Waals surface area contributed by atoms with Crippen LogP contribution < -0.4 is 0 Å². The maximum Gasteiger partial charge on any atom is 0.237 e. The molecule has 0 aromatic carbocycles. The van der Waals surface area contributed by atoms with Gasteiger partial charge in [-0.1, -0.05) is 0 Å². The molecular weight excluding hydrogens is 206 g/mol. The second-order valence-corrected chi connectivity index (χ2v) is 5.26. The van der Waals surface area contributed by atoms with E-state index >= 15 is 0 Å². The van der Waals surface area contributed by atoms with Crippen molar-refractivity contribution in [3.05, 3.63) is 0 Å². The van der Waals surface area contributed by atoms with Gasteiger partial charge in [-0.05, 0) is 13.3 Å². The Bertz CT molecular complexity index is 273. The second kappa shape index (κ2) is 5.98. The minimum atomic E-state index is -3.26. The summed E-state index contributed by atoms with van der Waals surface area (Å²) >= 11 is 0. The third kappa shape index (κ3) is 5.93. The van der Waals surface area contributed by atoms with Crippen LogP contribution in [0.15, 0.2) is 0 Å². The number of rotatable bonds is 6. The molecule has 0 fully saturated rings. The highest BCUT2D eigenvalue weighted by atomic mass is 32.2. The molecule has 0 saturated carbocycles. The lowest BCUT2D eigenvalue weighted by Gasteiger charge is -2.19. The highest BCUT2D eigenvalue weighted by molar-refractivity contribution is 7.91. The van der Waals surface area contributed by atoms with Gasteiger partial charge in [-0.15, -0.1) is 0 Å². The first-order valence-electron chi connectivity index (χ1n) is 4.47. The zero-order valence-electron chi connectivity index (χ0n) is 8.56. The molecule has 1 amide bonds. The molecule has 0 saturated heterocycles. The zero-order chi connectivity index (χ0) is 11.2. The Morgan fingerprint density at radius 3 is 2.36 bits per heavy atom. The highest BCUT2D eigenvalue weighted by Crippen LogP contribution is 1.95. The maximum absolute atomic E-state index is 11.4. The van der Waals surface area contributed by atoms with Crippen molar-refractivity contribution in [2.24, 2.45) is 0 Å². The molecule has 0 aromatic heterocycles. The van der Waals surface area contributed by atoms with E-state index < -0.39 is 21.5 Å². The van der Waals surface area contributed by atoms with E-state index in [9.17, 15) is 13.2 Å². The smallest absolute Gasteiger partial charge is 0.237 e. The van der Waals surface area contributed by atoms with Crippen LogP contribution in [0.2, 0.25) is 0 Å². The van der Waals surface area contributed by atoms with Gasteiger partial charge in [-0.25, -0.2) is 8.42 Å². The Labute approximate surface area is 84.6 Å². The number of hydrogen-bond acceptors (Lipinski definition) is 4. The fraction of sp³-hybridized carbons (Fsp3) is 0.875. The topological polar surface area (TPSA) is 74.7 Å². The summed E-state index contributed by atoms with van der Waals surface area (Å²) in [5.41, 5.74) is 0. The Morgan fingerprint density at radius 2 is 2.00 bits per heavy atom. The minimum Gasteiger partial charge on any atom is -0.396 e. The largest absolute Gasteiger partial charge is 0.396 e. The summed E-state index contributed by atoms with van der Waals surface area (Å²) in [6, 6.07) is 0. The highest BCUT2D eigenvalue weighted by Gasteiger charge is 2.16. The van der Waals surface area contributed by atoms with Crippen LogP contribution in [0.1, 0.15) is 13.3 Å². The normalized spacial score (nSPS) is 11.4. The van der Waals surface area contributed by atoms with Crippen LogP contribution >= 0.6 is 0 Å². The Balaban J connectivity index is 4.18. The van der Waals surface area contributed by atoms with Gasteiger partial charge >= 0.3 is 0 Å². The van der Waals surface area contributed by atoms with Crippen LogP contribution in [0.4, 0.5) is 0 Å². The van der Waals surface area contributed by atoms with E-state index in [0.29, 0.717) is 19.5 Å². The van der Waals surface area contributed by atoms with E-state index in [-0.39, 0.29) is 6.61 Å². The van der Waals surface area contributed by atoms with Crippen LogP contribution in [0.3, 0.4) is 0 Å². The average Bonchev–Trinajstić information content (AvgIpc) is 2.02. The molecule has 0 aromatic rings. The van der Waals surface area contributed by atoms with Crippen LogP contribution in [0, 0.1) is 0 Å². The molecule has 84 valence electrons. The van der Waals surface area contributed by atoms with Crippen LogP contribution in [0.25, 0.3) is 0 Å². The third-order valence-electron chi connectivity index (χ3n) is 1.71. The summed E-state index contributed by atoms with van der Waals surface area (Å²) in [6.07, 6.45) is 1.51. The van der Waals surface area contributed by atoms with Crippen molar-refractivity contribution >= 4 is 15.7 Å². The standard InChI is InChI=1S/C8H17NO4S/c1-3-9(5-4-6-10)8(11)7-14(2,12)13/h10H,3-7H2,1-2H3. The van der Waals surface area contributed by atoms with E-state index in [1.165, 1.54) is 4.90 Å². The lowest BCUT2D eigenvalue weighted by atomic mass is 10.4. The predicted molar refractivity (Wildman–Crippen MR) is 53.7 cm³/mol. The van der Waals surface area contributed by atoms with Crippen molar-refractivity contribution < 1.29 is 18.3 Å². The van der Waals surface area contributed by atoms with Crippen molar-refractivity contribution in [3.63, 3.8) is 0 Å². The molecule has 0 rings (SSSR count). The molecule has 6 heteroatoms. The first kappa shape index (κ1) is 13.4. The lowest BCUT2D eigenvalue weighted by Crippen LogP contribution is -2.36. The summed E-state index contributed by atoms with van der Waals surface area (Å²) in [7, 11) is -3.26. The first-order chi connectivity index (χ1) is 6.40. The SMILES string of the molecule is CCN(CCCO)C(=O)CS(C)(=O)=O. The van der Waals surface area contributed by atoms with Crippen LogP contribution in [-0.4, -0.2) is 56.0 Å². The molecule has 0 aliphatic rings. The molecule has 0 heterocycles. The van der Waals surface area contributed by atoms with E-state index in [1.54, 1.807) is 6.92 Å². The van der Waals surface area contributed by atoms with Crippen molar-refractivity contribution in [1.82, 2.24) is 4.90 Å². The number of nitrogens with zero attached hydrogens (tertiary/aromatic N) is 1. The molecule has 0 atom stereocenters. The molecule has 0 aliphatic carbocycles. The van der Waals surface area contributed by atoms with Gasteiger partial charge in [-0.2, -0.15) is 0 Å². The molecule has 0 spiro atoms. The summed E-state index contributed by atoms with van der Waals surface area (Å²) in [4.78, 5) is 12.8. The van der Waals surface area contributed by atoms with E-state index in [2.05, 4.69) is 0 Å². The average molecular weight is 223 g/mol. The van der Waals surface area contributed by atoms with Crippen molar-refractivity contribution in [2.75, 3.05) is 31.7 Å². The Hall–Kier alpha value is -0.620. The van der Waals surface area contributed by atoms with E-state index in [4.69, 9.17) is 5.11 Å². The number of sulfone groups is 1. The number of aliphatic hydroxyl groups is 1.